The van der Waals surface area contributed by atoms with Gasteiger partial charge in [-0.15, -0.1) is 0 Å². The van der Waals surface area contributed by atoms with E-state index in [1.807, 2.05) is 19.1 Å². The van der Waals surface area contributed by atoms with Crippen LogP contribution >= 0.6 is 0 Å². The van der Waals surface area contributed by atoms with Gasteiger partial charge in [0.1, 0.15) is 0 Å². The van der Waals surface area contributed by atoms with Crippen LogP contribution in [0.4, 0.5) is 10.5 Å². The van der Waals surface area contributed by atoms with Crippen LogP contribution in [0, 0.1) is 6.92 Å². The van der Waals surface area contributed by atoms with Gasteiger partial charge in [0.05, 0.1) is 0 Å². The largest absolute Gasteiger partial charge is 0.328 e. The van der Waals surface area contributed by atoms with Crippen molar-refractivity contribution in [2.24, 2.45) is 0 Å². The van der Waals surface area contributed by atoms with Crippen LogP contribution in [0.25, 0.3) is 0 Å². The monoisotopic (exact) mass is 218 g/mol. The molecule has 0 radical (unpaired) electrons. The van der Waals surface area contributed by atoms with Crippen LogP contribution in [0.15, 0.2) is 36.9 Å². The average Bonchev–Trinajstić information content (AvgIpc) is 2.30. The molecule has 0 aromatic heterocycles. The lowest BCUT2D eigenvalue weighted by molar-refractivity contribution is -0.122. The molecule has 4 nitrogen and oxygen atoms in total. The summed E-state index contributed by atoms with van der Waals surface area (Å²) in [4.78, 5) is 23.7. The van der Waals surface area contributed by atoms with Crippen LogP contribution in [-0.4, -0.2) is 23.9 Å². The lowest BCUT2D eigenvalue weighted by atomic mass is 10.2. The number of amides is 3. The first-order chi connectivity index (χ1) is 7.54. The number of rotatable bonds is 2. The second-order valence-electron chi connectivity index (χ2n) is 3.40. The molecule has 1 rings (SSSR count). The van der Waals surface area contributed by atoms with Gasteiger partial charge in [-0.2, -0.15) is 0 Å². The summed E-state index contributed by atoms with van der Waals surface area (Å²) < 4.78 is 0. The van der Waals surface area contributed by atoms with Gasteiger partial charge in [0.2, 0.25) is 0 Å². The van der Waals surface area contributed by atoms with E-state index < -0.39 is 11.9 Å². The van der Waals surface area contributed by atoms with E-state index in [2.05, 4.69) is 11.9 Å². The first-order valence-electron chi connectivity index (χ1n) is 4.82. The number of carbonyl (C=O) groups excluding carboxylic acids is 2. The molecule has 16 heavy (non-hydrogen) atoms. The molecule has 1 aromatic carbocycles. The summed E-state index contributed by atoms with van der Waals surface area (Å²) in [5, 5.41) is 2.60. The Morgan fingerprint density at radius 3 is 2.38 bits per heavy atom. The fourth-order valence-corrected chi connectivity index (χ4v) is 1.08. The van der Waals surface area contributed by atoms with Crippen molar-refractivity contribution < 1.29 is 9.59 Å². The zero-order valence-corrected chi connectivity index (χ0v) is 9.36. The second kappa shape index (κ2) is 5.11. The van der Waals surface area contributed by atoms with Crippen molar-refractivity contribution in [1.29, 1.82) is 0 Å². The molecule has 3 amide bonds. The molecule has 0 aliphatic rings. The average molecular weight is 218 g/mol. The van der Waals surface area contributed by atoms with Gasteiger partial charge in [0.25, 0.3) is 5.91 Å². The molecule has 4 heteroatoms. The smallest absolute Gasteiger partial charge is 0.307 e. The van der Waals surface area contributed by atoms with Gasteiger partial charge >= 0.3 is 6.03 Å². The number of likely N-dealkylation sites (N-methyl/N-ethyl adjacent to an activating group) is 1. The summed E-state index contributed by atoms with van der Waals surface area (Å²) in [5.41, 5.74) is 1.76. The molecule has 0 unspecified atom stereocenters. The molecule has 0 saturated heterocycles. The highest BCUT2D eigenvalue weighted by Crippen LogP contribution is 2.09. The Kier molecular flexibility index (Phi) is 3.83. The van der Waals surface area contributed by atoms with Crippen LogP contribution in [0.3, 0.4) is 0 Å². The lowest BCUT2D eigenvalue weighted by Crippen LogP contribution is -2.35. The maximum Gasteiger partial charge on any atom is 0.328 e. The lowest BCUT2D eigenvalue weighted by Gasteiger charge is -2.14. The van der Waals surface area contributed by atoms with Crippen molar-refractivity contribution in [2.45, 2.75) is 6.92 Å². The highest BCUT2D eigenvalue weighted by molar-refractivity contribution is 6.04. The third-order valence-corrected chi connectivity index (χ3v) is 2.11. The molecule has 0 aliphatic carbocycles. The van der Waals surface area contributed by atoms with Crippen LogP contribution in [0.5, 0.6) is 0 Å². The summed E-state index contributed by atoms with van der Waals surface area (Å²) in [6.45, 7) is 5.27. The Labute approximate surface area is 94.6 Å². The fraction of sp³-hybridized carbons (Fsp3) is 0.167. The number of carbonyl (C=O) groups is 2. The van der Waals surface area contributed by atoms with Crippen molar-refractivity contribution >= 4 is 17.6 Å². The van der Waals surface area contributed by atoms with Crippen molar-refractivity contribution in [3.8, 4) is 0 Å². The first kappa shape index (κ1) is 12.0. The Bertz CT molecular complexity index is 410. The fourth-order valence-electron chi connectivity index (χ4n) is 1.08. The van der Waals surface area contributed by atoms with Gasteiger partial charge in [0, 0.05) is 12.7 Å². The predicted octanol–water partition coefficient (Wildman–Crippen LogP) is 2.17. The Morgan fingerprint density at radius 2 is 1.88 bits per heavy atom. The van der Waals surface area contributed by atoms with Crippen LogP contribution in [0.2, 0.25) is 0 Å². The van der Waals surface area contributed by atoms with E-state index in [4.69, 9.17) is 0 Å². The maximum atomic E-state index is 11.5. The number of benzene rings is 1. The van der Waals surface area contributed by atoms with E-state index in [1.165, 1.54) is 7.05 Å². The van der Waals surface area contributed by atoms with Gasteiger partial charge in [-0.25, -0.2) is 4.79 Å². The summed E-state index contributed by atoms with van der Waals surface area (Å²) >= 11 is 0. The highest BCUT2D eigenvalue weighted by atomic mass is 16.2. The Balaban J connectivity index is 2.67. The van der Waals surface area contributed by atoms with E-state index in [-0.39, 0.29) is 0 Å². The number of urea groups is 1. The summed E-state index contributed by atoms with van der Waals surface area (Å²) in [7, 11) is 1.40. The maximum absolute atomic E-state index is 11.5. The topological polar surface area (TPSA) is 49.4 Å². The van der Waals surface area contributed by atoms with Crippen LogP contribution in [-0.2, 0) is 4.79 Å². The minimum atomic E-state index is -0.478. The van der Waals surface area contributed by atoms with E-state index in [1.54, 1.807) is 12.1 Å². The molecule has 84 valence electrons. The molecule has 1 N–H and O–H groups in total. The quantitative estimate of drug-likeness (QED) is 0.773. The first-order valence-corrected chi connectivity index (χ1v) is 4.82. The summed E-state index contributed by atoms with van der Waals surface area (Å²) in [6.07, 6.45) is 1.09. The van der Waals surface area contributed by atoms with Gasteiger partial charge in [0.15, 0.2) is 0 Å². The summed E-state index contributed by atoms with van der Waals surface area (Å²) in [5.74, 6) is -0.440. The number of anilines is 1. The molecule has 0 saturated carbocycles. The van der Waals surface area contributed by atoms with Gasteiger partial charge in [-0.3, -0.25) is 9.69 Å². The predicted molar refractivity (Wildman–Crippen MR) is 63.2 cm³/mol. The van der Waals surface area contributed by atoms with Crippen LogP contribution < -0.4 is 5.32 Å². The van der Waals surface area contributed by atoms with Crippen molar-refractivity contribution in [2.75, 3.05) is 12.4 Å². The van der Waals surface area contributed by atoms with E-state index in [0.717, 1.165) is 16.5 Å². The second-order valence-corrected chi connectivity index (χ2v) is 3.40. The van der Waals surface area contributed by atoms with E-state index >= 15 is 0 Å². The molecule has 0 atom stereocenters. The van der Waals surface area contributed by atoms with E-state index in [9.17, 15) is 9.59 Å². The number of aryl methyl sites for hydroxylation is 1. The Morgan fingerprint density at radius 1 is 1.31 bits per heavy atom. The zero-order chi connectivity index (χ0) is 12.1. The van der Waals surface area contributed by atoms with Crippen LogP contribution in [0.1, 0.15) is 5.56 Å². The van der Waals surface area contributed by atoms with Gasteiger partial charge in [-0.1, -0.05) is 24.3 Å². The molecule has 0 bridgehead atoms. The molecule has 0 aliphatic heterocycles. The molecule has 0 heterocycles. The van der Waals surface area contributed by atoms with Crippen molar-refractivity contribution in [3.05, 3.63) is 42.5 Å². The minimum Gasteiger partial charge on any atom is -0.307 e. The Hall–Kier alpha value is -2.10. The molecule has 1 aromatic rings. The molecule has 0 fully saturated rings. The number of nitrogens with one attached hydrogen (secondary N) is 1. The van der Waals surface area contributed by atoms with Gasteiger partial charge < -0.3 is 5.32 Å². The number of hydrogen-bond donors (Lipinski definition) is 1. The molecular formula is C12H14N2O2. The normalized spacial score (nSPS) is 9.38. The standard InChI is InChI=1S/C12H14N2O2/c1-4-11(15)14(3)12(16)13-10-7-5-9(2)6-8-10/h4-8H,1H2,2-3H3,(H,13,16). The van der Waals surface area contributed by atoms with E-state index in [0.29, 0.717) is 5.69 Å². The van der Waals surface area contributed by atoms with Crippen molar-refractivity contribution in [1.82, 2.24) is 4.90 Å². The third-order valence-electron chi connectivity index (χ3n) is 2.11. The van der Waals surface area contributed by atoms with Gasteiger partial charge in [-0.05, 0) is 25.1 Å². The molecule has 0 spiro atoms. The zero-order valence-electron chi connectivity index (χ0n) is 9.36. The number of imide groups is 1. The highest BCUT2D eigenvalue weighted by Gasteiger charge is 2.13. The minimum absolute atomic E-state index is 0.440. The van der Waals surface area contributed by atoms with Crippen molar-refractivity contribution in [3.63, 3.8) is 0 Å². The third kappa shape index (κ3) is 2.95. The SMILES string of the molecule is C=CC(=O)N(C)C(=O)Nc1ccc(C)cc1. The summed E-state index contributed by atoms with van der Waals surface area (Å²) in [6, 6.07) is 6.84. The number of nitrogens with zero attached hydrogens (tertiary/aromatic N) is 1. The molecular weight excluding hydrogens is 204 g/mol. The number of hydrogen-bond acceptors (Lipinski definition) is 2.